The minimum atomic E-state index is -0.275. The highest BCUT2D eigenvalue weighted by Gasteiger charge is 2.23. The number of likely N-dealkylation sites (tertiary alicyclic amines) is 1. The van der Waals surface area contributed by atoms with Gasteiger partial charge in [-0.2, -0.15) is 0 Å². The summed E-state index contributed by atoms with van der Waals surface area (Å²) in [6.45, 7) is 10.1. The average molecular weight is 515 g/mol. The molecule has 1 aliphatic rings. The van der Waals surface area contributed by atoms with E-state index < -0.39 is 0 Å². The van der Waals surface area contributed by atoms with Gasteiger partial charge < -0.3 is 24.9 Å². The van der Waals surface area contributed by atoms with Gasteiger partial charge in [0.05, 0.1) is 13.5 Å². The minimum Gasteiger partial charge on any atom is -0.492 e. The van der Waals surface area contributed by atoms with Crippen LogP contribution in [0, 0.1) is 5.92 Å². The summed E-state index contributed by atoms with van der Waals surface area (Å²) in [5, 5.41) is 0. The van der Waals surface area contributed by atoms with Gasteiger partial charge in [0.25, 0.3) is 0 Å². The molecular weight excluding hydrogens is 476 g/mol. The van der Waals surface area contributed by atoms with Gasteiger partial charge in [0, 0.05) is 19.7 Å². The van der Waals surface area contributed by atoms with E-state index in [1.165, 1.54) is 7.11 Å². The highest BCUT2D eigenvalue weighted by Crippen LogP contribution is 2.23. The molecule has 0 aliphatic carbocycles. The first-order valence-electron chi connectivity index (χ1n) is 12.6. The average Bonchev–Trinajstić information content (AvgIpc) is 3.22. The highest BCUT2D eigenvalue weighted by molar-refractivity contribution is 5.99. The molecule has 2 aromatic rings. The smallest absolute Gasteiger partial charge is 0.327 e. The van der Waals surface area contributed by atoms with Gasteiger partial charge in [-0.25, -0.2) is 14.8 Å². The van der Waals surface area contributed by atoms with E-state index >= 15 is 0 Å². The van der Waals surface area contributed by atoms with E-state index in [4.69, 9.17) is 19.9 Å². The highest BCUT2D eigenvalue weighted by atomic mass is 16.5. The molecule has 37 heavy (non-hydrogen) atoms. The molecule has 1 aliphatic heterocycles. The van der Waals surface area contributed by atoms with Crippen LogP contribution in [0.2, 0.25) is 0 Å². The third kappa shape index (κ3) is 8.29. The molecule has 0 saturated carbocycles. The Kier molecular flexibility index (Phi) is 10.9. The Morgan fingerprint density at radius 2 is 2.05 bits per heavy atom. The maximum Gasteiger partial charge on any atom is 0.327 e. The monoisotopic (exact) mass is 514 g/mol. The van der Waals surface area contributed by atoms with E-state index in [1.807, 2.05) is 31.2 Å². The van der Waals surface area contributed by atoms with Gasteiger partial charge in [0.2, 0.25) is 0 Å². The molecule has 202 valence electrons. The number of piperidine rings is 1. The number of hydrogen-bond donors (Lipinski definition) is 2. The van der Waals surface area contributed by atoms with Gasteiger partial charge in [-0.3, -0.25) is 14.3 Å². The van der Waals surface area contributed by atoms with E-state index in [2.05, 4.69) is 26.6 Å². The van der Waals surface area contributed by atoms with Crippen molar-refractivity contribution in [3.8, 4) is 5.75 Å². The SMILES string of the molecule is C=Nc1c(/C(N)=N\COCCC)[nH]c(=O)n1CC1CCN(CCOc2cccc(CC(=O)OC)c2)CC1. The summed E-state index contributed by atoms with van der Waals surface area (Å²) in [6, 6.07) is 7.51. The lowest BCUT2D eigenvalue weighted by Crippen LogP contribution is -2.38. The van der Waals surface area contributed by atoms with Crippen molar-refractivity contribution in [2.75, 3.05) is 46.7 Å². The summed E-state index contributed by atoms with van der Waals surface area (Å²) in [6.07, 6.45) is 3.02. The van der Waals surface area contributed by atoms with Gasteiger partial charge in [0.15, 0.2) is 5.82 Å². The number of hydrogen-bond acceptors (Lipinski definition) is 8. The molecule has 3 N–H and O–H groups in total. The molecule has 0 radical (unpaired) electrons. The van der Waals surface area contributed by atoms with Gasteiger partial charge in [-0.1, -0.05) is 19.1 Å². The summed E-state index contributed by atoms with van der Waals surface area (Å²) in [7, 11) is 1.38. The van der Waals surface area contributed by atoms with Crippen LogP contribution in [0.4, 0.5) is 5.82 Å². The predicted molar refractivity (Wildman–Crippen MR) is 143 cm³/mol. The number of benzene rings is 1. The third-order valence-electron chi connectivity index (χ3n) is 6.34. The molecule has 0 atom stereocenters. The molecule has 11 nitrogen and oxygen atoms in total. The number of nitrogens with one attached hydrogen (secondary N) is 1. The topological polar surface area (TPSA) is 137 Å². The number of ether oxygens (including phenoxy) is 3. The largest absolute Gasteiger partial charge is 0.492 e. The van der Waals surface area contributed by atoms with Crippen LogP contribution in [-0.2, 0) is 27.2 Å². The zero-order valence-electron chi connectivity index (χ0n) is 21.8. The lowest BCUT2D eigenvalue weighted by Gasteiger charge is -2.32. The number of nitrogens with zero attached hydrogens (tertiary/aromatic N) is 4. The van der Waals surface area contributed by atoms with Gasteiger partial charge in [-0.05, 0) is 62.7 Å². The molecule has 0 bridgehead atoms. The summed E-state index contributed by atoms with van der Waals surface area (Å²) >= 11 is 0. The predicted octanol–water partition coefficient (Wildman–Crippen LogP) is 2.10. The van der Waals surface area contributed by atoms with Crippen LogP contribution in [0.5, 0.6) is 5.75 Å². The molecule has 0 unspecified atom stereocenters. The molecule has 3 rings (SSSR count). The number of aromatic nitrogens is 2. The van der Waals surface area contributed by atoms with Crippen molar-refractivity contribution in [2.24, 2.45) is 21.6 Å². The number of amidine groups is 1. The van der Waals surface area contributed by atoms with Crippen molar-refractivity contribution in [1.29, 1.82) is 0 Å². The quantitative estimate of drug-likeness (QED) is 0.170. The Morgan fingerprint density at radius 3 is 2.76 bits per heavy atom. The van der Waals surface area contributed by atoms with E-state index in [9.17, 15) is 9.59 Å². The van der Waals surface area contributed by atoms with E-state index in [-0.39, 0.29) is 30.6 Å². The number of rotatable bonds is 14. The summed E-state index contributed by atoms with van der Waals surface area (Å²) in [5.41, 5.74) is 7.04. The third-order valence-corrected chi connectivity index (χ3v) is 6.34. The fourth-order valence-electron chi connectivity index (χ4n) is 4.30. The Balaban J connectivity index is 1.48. The first-order valence-corrected chi connectivity index (χ1v) is 12.6. The zero-order chi connectivity index (χ0) is 26.6. The molecule has 1 fully saturated rings. The fourth-order valence-corrected chi connectivity index (χ4v) is 4.30. The van der Waals surface area contributed by atoms with Crippen LogP contribution in [0.15, 0.2) is 39.0 Å². The van der Waals surface area contributed by atoms with Gasteiger partial charge >= 0.3 is 11.7 Å². The second kappa shape index (κ2) is 14.3. The molecule has 1 aromatic carbocycles. The summed E-state index contributed by atoms with van der Waals surface area (Å²) < 4.78 is 17.6. The number of aromatic amines is 1. The maximum absolute atomic E-state index is 12.6. The van der Waals surface area contributed by atoms with Crippen LogP contribution in [-0.4, -0.2) is 79.7 Å². The Labute approximate surface area is 217 Å². The zero-order valence-corrected chi connectivity index (χ0v) is 21.8. The van der Waals surface area contributed by atoms with Crippen molar-refractivity contribution in [3.05, 3.63) is 46.0 Å². The van der Waals surface area contributed by atoms with Crippen molar-refractivity contribution < 1.29 is 19.0 Å². The number of methoxy groups -OCH3 is 1. The Hall–Kier alpha value is -3.44. The summed E-state index contributed by atoms with van der Waals surface area (Å²) in [5.74, 6) is 1.39. The Morgan fingerprint density at radius 1 is 1.27 bits per heavy atom. The summed E-state index contributed by atoms with van der Waals surface area (Å²) in [4.78, 5) is 37.5. The number of imidazole rings is 1. The number of carbonyl (C=O) groups excluding carboxylic acids is 1. The standard InChI is InChI=1S/C26H38N6O5/c1-4-13-36-18-29-24(27)23-25(28-2)32(26(34)30-23)17-19-8-10-31(11-9-19)12-14-37-21-7-5-6-20(15-21)16-22(33)35-3/h5-7,15,19H,2,4,8-14,16-18H2,1,3H3,(H2,27,29)(H,30,34). The van der Waals surface area contributed by atoms with Crippen molar-refractivity contribution in [2.45, 2.75) is 39.2 Å². The molecule has 2 heterocycles. The first-order chi connectivity index (χ1) is 17.9. The lowest BCUT2D eigenvalue weighted by molar-refractivity contribution is -0.139. The van der Waals surface area contributed by atoms with Crippen LogP contribution in [0.3, 0.4) is 0 Å². The van der Waals surface area contributed by atoms with E-state index in [0.717, 1.165) is 50.2 Å². The molecular formula is C26H38N6O5. The normalized spacial score (nSPS) is 15.0. The number of H-pyrrole nitrogens is 1. The van der Waals surface area contributed by atoms with Crippen LogP contribution in [0.25, 0.3) is 0 Å². The number of aliphatic imine (C=N–C) groups is 2. The molecule has 1 saturated heterocycles. The second-order valence-corrected chi connectivity index (χ2v) is 9.01. The molecule has 0 amide bonds. The minimum absolute atomic E-state index is 0.130. The van der Waals surface area contributed by atoms with Crippen molar-refractivity contribution >= 4 is 24.3 Å². The van der Waals surface area contributed by atoms with Crippen LogP contribution >= 0.6 is 0 Å². The van der Waals surface area contributed by atoms with Gasteiger partial charge in [-0.15, -0.1) is 0 Å². The van der Waals surface area contributed by atoms with Crippen LogP contribution < -0.4 is 16.2 Å². The van der Waals surface area contributed by atoms with Crippen LogP contribution in [0.1, 0.15) is 37.4 Å². The van der Waals surface area contributed by atoms with Crippen molar-refractivity contribution in [3.63, 3.8) is 0 Å². The molecule has 0 spiro atoms. The number of nitrogens with two attached hydrogens (primary N) is 1. The second-order valence-electron chi connectivity index (χ2n) is 9.01. The van der Waals surface area contributed by atoms with Crippen molar-refractivity contribution in [1.82, 2.24) is 14.5 Å². The molecule has 1 aromatic heterocycles. The number of carbonyl (C=O) groups is 1. The van der Waals surface area contributed by atoms with Gasteiger partial charge in [0.1, 0.15) is 30.6 Å². The fraction of sp³-hybridized carbons (Fsp3) is 0.538. The molecule has 11 heteroatoms. The Bertz CT molecular complexity index is 1120. The first kappa shape index (κ1) is 28.1. The van der Waals surface area contributed by atoms with E-state index in [1.54, 1.807) is 4.57 Å². The maximum atomic E-state index is 12.6. The lowest BCUT2D eigenvalue weighted by atomic mass is 9.97. The van der Waals surface area contributed by atoms with E-state index in [0.29, 0.717) is 37.2 Å². The number of esters is 1.